The van der Waals surface area contributed by atoms with Crippen LogP contribution >= 0.6 is 11.3 Å². The lowest BCUT2D eigenvalue weighted by atomic mass is 10.4. The fraction of sp³-hybridized carbons (Fsp3) is 0.286. The SMILES string of the molecule is COCc1ccc(C(N)=O)s1. The molecule has 0 aliphatic heterocycles. The quantitative estimate of drug-likeness (QED) is 0.737. The molecule has 0 spiro atoms. The molecule has 0 unspecified atom stereocenters. The second-order valence-corrected chi connectivity index (χ2v) is 3.23. The van der Waals surface area contributed by atoms with Crippen LogP contribution in [0.1, 0.15) is 14.5 Å². The van der Waals surface area contributed by atoms with Crippen LogP contribution in [0.25, 0.3) is 0 Å². The highest BCUT2D eigenvalue weighted by Crippen LogP contribution is 2.16. The highest BCUT2D eigenvalue weighted by Gasteiger charge is 2.03. The molecule has 0 saturated carbocycles. The lowest BCUT2D eigenvalue weighted by Gasteiger charge is -1.90. The molecule has 60 valence electrons. The normalized spacial score (nSPS) is 9.91. The maximum absolute atomic E-state index is 10.6. The lowest BCUT2D eigenvalue weighted by Crippen LogP contribution is -2.08. The predicted molar refractivity (Wildman–Crippen MR) is 43.5 cm³/mol. The minimum Gasteiger partial charge on any atom is -0.379 e. The van der Waals surface area contributed by atoms with E-state index >= 15 is 0 Å². The minimum atomic E-state index is -0.377. The van der Waals surface area contributed by atoms with Gasteiger partial charge in [-0.05, 0) is 12.1 Å². The summed E-state index contributed by atoms with van der Waals surface area (Å²) in [6, 6.07) is 3.55. The molecule has 0 fully saturated rings. The van der Waals surface area contributed by atoms with Crippen LogP contribution in [0.3, 0.4) is 0 Å². The first-order chi connectivity index (χ1) is 5.24. The summed E-state index contributed by atoms with van der Waals surface area (Å²) in [5.41, 5.74) is 5.05. The van der Waals surface area contributed by atoms with Crippen molar-refractivity contribution in [2.75, 3.05) is 7.11 Å². The summed E-state index contributed by atoms with van der Waals surface area (Å²) >= 11 is 1.37. The summed E-state index contributed by atoms with van der Waals surface area (Å²) in [5, 5.41) is 0. The summed E-state index contributed by atoms with van der Waals surface area (Å²) in [6.45, 7) is 0.540. The number of hydrogen-bond donors (Lipinski definition) is 1. The Morgan fingerprint density at radius 1 is 1.73 bits per heavy atom. The Labute approximate surface area is 68.8 Å². The van der Waals surface area contributed by atoms with Crippen molar-refractivity contribution in [1.82, 2.24) is 0 Å². The van der Waals surface area contributed by atoms with Gasteiger partial charge < -0.3 is 10.5 Å². The van der Waals surface area contributed by atoms with E-state index in [1.54, 1.807) is 13.2 Å². The molecule has 0 aliphatic carbocycles. The molecule has 0 bridgehead atoms. The van der Waals surface area contributed by atoms with Gasteiger partial charge in [0.25, 0.3) is 5.91 Å². The van der Waals surface area contributed by atoms with Crippen molar-refractivity contribution in [1.29, 1.82) is 0 Å². The third kappa shape index (κ3) is 2.03. The molecular formula is C7H9NO2S. The van der Waals surface area contributed by atoms with E-state index < -0.39 is 0 Å². The largest absolute Gasteiger partial charge is 0.379 e. The van der Waals surface area contributed by atoms with Gasteiger partial charge in [0, 0.05) is 12.0 Å². The molecule has 2 N–H and O–H groups in total. The topological polar surface area (TPSA) is 52.3 Å². The molecular weight excluding hydrogens is 162 g/mol. The van der Waals surface area contributed by atoms with Crippen LogP contribution in [-0.4, -0.2) is 13.0 Å². The lowest BCUT2D eigenvalue weighted by molar-refractivity contribution is 0.100. The molecule has 0 saturated heterocycles. The Morgan fingerprint density at radius 3 is 2.91 bits per heavy atom. The predicted octanol–water partition coefficient (Wildman–Crippen LogP) is 0.993. The van der Waals surface area contributed by atoms with Crippen LogP contribution in [0.15, 0.2) is 12.1 Å². The average Bonchev–Trinajstić information content (AvgIpc) is 2.37. The van der Waals surface area contributed by atoms with Gasteiger partial charge in [0.1, 0.15) is 0 Å². The van der Waals surface area contributed by atoms with Crippen molar-refractivity contribution in [3.63, 3.8) is 0 Å². The zero-order valence-corrected chi connectivity index (χ0v) is 6.98. The highest BCUT2D eigenvalue weighted by molar-refractivity contribution is 7.14. The van der Waals surface area contributed by atoms with Gasteiger partial charge in [-0.1, -0.05) is 0 Å². The zero-order valence-electron chi connectivity index (χ0n) is 6.16. The van der Waals surface area contributed by atoms with E-state index in [4.69, 9.17) is 10.5 Å². The number of carbonyl (C=O) groups excluding carboxylic acids is 1. The first-order valence-electron chi connectivity index (χ1n) is 3.11. The van der Waals surface area contributed by atoms with Crippen molar-refractivity contribution in [3.05, 3.63) is 21.9 Å². The van der Waals surface area contributed by atoms with Crippen LogP contribution in [0, 0.1) is 0 Å². The zero-order chi connectivity index (χ0) is 8.27. The second-order valence-electron chi connectivity index (χ2n) is 2.06. The molecule has 4 heteroatoms. The van der Waals surface area contributed by atoms with Gasteiger partial charge in [-0.15, -0.1) is 11.3 Å². The smallest absolute Gasteiger partial charge is 0.258 e. The van der Waals surface area contributed by atoms with Crippen LogP contribution < -0.4 is 5.73 Å². The molecule has 11 heavy (non-hydrogen) atoms. The molecule has 1 aromatic heterocycles. The van der Waals surface area contributed by atoms with E-state index in [9.17, 15) is 4.79 Å². The standard InChI is InChI=1S/C7H9NO2S/c1-10-4-5-2-3-6(11-5)7(8)9/h2-3H,4H2,1H3,(H2,8,9). The summed E-state index contributed by atoms with van der Waals surface area (Å²) in [7, 11) is 1.61. The van der Waals surface area contributed by atoms with Gasteiger partial charge in [0.2, 0.25) is 0 Å². The van der Waals surface area contributed by atoms with Crippen molar-refractivity contribution in [3.8, 4) is 0 Å². The molecule has 3 nitrogen and oxygen atoms in total. The minimum absolute atomic E-state index is 0.377. The maximum atomic E-state index is 10.6. The van der Waals surface area contributed by atoms with Crippen molar-refractivity contribution < 1.29 is 9.53 Å². The number of methoxy groups -OCH3 is 1. The summed E-state index contributed by atoms with van der Waals surface area (Å²) in [6.07, 6.45) is 0. The van der Waals surface area contributed by atoms with Gasteiger partial charge in [-0.3, -0.25) is 4.79 Å². The number of primary amides is 1. The first-order valence-corrected chi connectivity index (χ1v) is 3.93. The molecule has 0 aliphatic rings. The first kappa shape index (κ1) is 8.23. The molecule has 1 heterocycles. The van der Waals surface area contributed by atoms with Gasteiger partial charge in [0.15, 0.2) is 0 Å². The number of carbonyl (C=O) groups is 1. The second kappa shape index (κ2) is 3.50. The van der Waals surface area contributed by atoms with E-state index in [-0.39, 0.29) is 5.91 Å². The molecule has 1 rings (SSSR count). The number of amides is 1. The van der Waals surface area contributed by atoms with E-state index in [1.165, 1.54) is 11.3 Å². The number of rotatable bonds is 3. The highest BCUT2D eigenvalue weighted by atomic mass is 32.1. The number of ether oxygens (including phenoxy) is 1. The van der Waals surface area contributed by atoms with Crippen LogP contribution in [0.2, 0.25) is 0 Å². The van der Waals surface area contributed by atoms with Crippen molar-refractivity contribution in [2.24, 2.45) is 5.73 Å². The Kier molecular flexibility index (Phi) is 2.62. The van der Waals surface area contributed by atoms with Crippen molar-refractivity contribution >= 4 is 17.2 Å². The van der Waals surface area contributed by atoms with Gasteiger partial charge in [-0.2, -0.15) is 0 Å². The Hall–Kier alpha value is -0.870. The number of nitrogens with two attached hydrogens (primary N) is 1. The molecule has 0 atom stereocenters. The molecule has 0 radical (unpaired) electrons. The van der Waals surface area contributed by atoms with Gasteiger partial charge in [-0.25, -0.2) is 0 Å². The summed E-state index contributed by atoms with van der Waals surface area (Å²) in [5.74, 6) is -0.377. The van der Waals surface area contributed by atoms with Gasteiger partial charge >= 0.3 is 0 Å². The maximum Gasteiger partial charge on any atom is 0.258 e. The molecule has 1 amide bonds. The molecule has 0 aromatic carbocycles. The average molecular weight is 171 g/mol. The van der Waals surface area contributed by atoms with Crippen LogP contribution in [0.5, 0.6) is 0 Å². The number of hydrogen-bond acceptors (Lipinski definition) is 3. The van der Waals surface area contributed by atoms with Crippen LogP contribution in [-0.2, 0) is 11.3 Å². The van der Waals surface area contributed by atoms with E-state index in [0.717, 1.165) is 4.88 Å². The summed E-state index contributed by atoms with van der Waals surface area (Å²) < 4.78 is 4.88. The monoisotopic (exact) mass is 171 g/mol. The third-order valence-electron chi connectivity index (χ3n) is 1.19. The van der Waals surface area contributed by atoms with Gasteiger partial charge in [0.05, 0.1) is 11.5 Å². The Balaban J connectivity index is 2.73. The fourth-order valence-electron chi connectivity index (χ4n) is 0.730. The van der Waals surface area contributed by atoms with Crippen molar-refractivity contribution in [2.45, 2.75) is 6.61 Å². The molecule has 1 aromatic rings. The fourth-order valence-corrected chi connectivity index (χ4v) is 1.56. The number of thiophene rings is 1. The van der Waals surface area contributed by atoms with E-state index in [1.807, 2.05) is 6.07 Å². The third-order valence-corrected chi connectivity index (χ3v) is 2.26. The summed E-state index contributed by atoms with van der Waals surface area (Å²) in [4.78, 5) is 12.2. The van der Waals surface area contributed by atoms with Crippen LogP contribution in [0.4, 0.5) is 0 Å². The van der Waals surface area contributed by atoms with E-state index in [2.05, 4.69) is 0 Å². The Bertz CT molecular complexity index is 257. The van der Waals surface area contributed by atoms with E-state index in [0.29, 0.717) is 11.5 Å². The Morgan fingerprint density at radius 2 is 2.45 bits per heavy atom.